The van der Waals surface area contributed by atoms with Crippen molar-refractivity contribution in [2.24, 2.45) is 0 Å². The summed E-state index contributed by atoms with van der Waals surface area (Å²) in [5.74, 6) is 0. The first kappa shape index (κ1) is 14.7. The second kappa shape index (κ2) is 5.90. The molecule has 0 atom stereocenters. The lowest BCUT2D eigenvalue weighted by Gasteiger charge is -2.11. The van der Waals surface area contributed by atoms with E-state index in [0.717, 1.165) is 16.3 Å². The second-order valence-electron chi connectivity index (χ2n) is 4.72. The quantitative estimate of drug-likeness (QED) is 0.789. The minimum atomic E-state index is -3.61. The molecule has 0 spiro atoms. The zero-order valence-corrected chi connectivity index (χ0v) is 13.5. The molecule has 0 radical (unpaired) electrons. The SMILES string of the molecule is Cc1nc(-c2ccccc2NS(=O)(=O)c2ccccc2)cs1. The Kier molecular flexibility index (Phi) is 3.96. The summed E-state index contributed by atoms with van der Waals surface area (Å²) in [5.41, 5.74) is 2.07. The van der Waals surface area contributed by atoms with Gasteiger partial charge < -0.3 is 0 Å². The van der Waals surface area contributed by atoms with Gasteiger partial charge in [0.1, 0.15) is 0 Å². The highest BCUT2D eigenvalue weighted by Crippen LogP contribution is 2.30. The molecule has 3 aromatic rings. The van der Waals surface area contributed by atoms with E-state index in [4.69, 9.17) is 0 Å². The molecule has 2 aromatic carbocycles. The lowest BCUT2D eigenvalue weighted by molar-refractivity contribution is 0.601. The molecule has 0 unspecified atom stereocenters. The predicted molar refractivity (Wildman–Crippen MR) is 89.5 cm³/mol. The molecular weight excluding hydrogens is 316 g/mol. The molecule has 0 amide bonds. The van der Waals surface area contributed by atoms with Gasteiger partial charge >= 0.3 is 0 Å². The van der Waals surface area contributed by atoms with Crippen molar-refractivity contribution < 1.29 is 8.42 Å². The van der Waals surface area contributed by atoms with Gasteiger partial charge in [0.05, 0.1) is 21.3 Å². The van der Waals surface area contributed by atoms with Crippen molar-refractivity contribution in [3.05, 3.63) is 65.0 Å². The van der Waals surface area contributed by atoms with Gasteiger partial charge in [0.25, 0.3) is 10.0 Å². The van der Waals surface area contributed by atoms with Crippen LogP contribution in [0.1, 0.15) is 5.01 Å². The van der Waals surface area contributed by atoms with Crippen LogP contribution in [-0.4, -0.2) is 13.4 Å². The van der Waals surface area contributed by atoms with Crippen molar-refractivity contribution in [3.63, 3.8) is 0 Å². The number of hydrogen-bond donors (Lipinski definition) is 1. The van der Waals surface area contributed by atoms with Gasteiger partial charge in [-0.05, 0) is 25.1 Å². The van der Waals surface area contributed by atoms with E-state index in [1.165, 1.54) is 11.3 Å². The van der Waals surface area contributed by atoms with Crippen molar-refractivity contribution in [2.45, 2.75) is 11.8 Å². The van der Waals surface area contributed by atoms with E-state index >= 15 is 0 Å². The summed E-state index contributed by atoms with van der Waals surface area (Å²) in [6.45, 7) is 1.92. The third-order valence-corrected chi connectivity index (χ3v) is 5.27. The minimum Gasteiger partial charge on any atom is -0.279 e. The Morgan fingerprint density at radius 2 is 1.68 bits per heavy atom. The van der Waals surface area contributed by atoms with Gasteiger partial charge in [-0.25, -0.2) is 13.4 Å². The first-order valence-electron chi connectivity index (χ1n) is 6.66. The monoisotopic (exact) mass is 330 g/mol. The molecule has 1 heterocycles. The maximum Gasteiger partial charge on any atom is 0.261 e. The topological polar surface area (TPSA) is 59.1 Å². The molecule has 0 saturated carbocycles. The van der Waals surface area contributed by atoms with Crippen LogP contribution >= 0.6 is 11.3 Å². The highest BCUT2D eigenvalue weighted by Gasteiger charge is 2.16. The van der Waals surface area contributed by atoms with Crippen LogP contribution in [0.5, 0.6) is 0 Å². The molecule has 4 nitrogen and oxygen atoms in total. The van der Waals surface area contributed by atoms with Crippen LogP contribution in [0.25, 0.3) is 11.3 Å². The Labute approximate surface area is 133 Å². The number of hydrogen-bond acceptors (Lipinski definition) is 4. The molecule has 0 aliphatic heterocycles. The first-order chi connectivity index (χ1) is 10.6. The van der Waals surface area contributed by atoms with Crippen molar-refractivity contribution in [3.8, 4) is 11.3 Å². The third-order valence-electron chi connectivity index (χ3n) is 3.12. The molecular formula is C16H14N2O2S2. The molecule has 1 N–H and O–H groups in total. The number of aromatic nitrogens is 1. The number of rotatable bonds is 4. The van der Waals surface area contributed by atoms with Crippen LogP contribution < -0.4 is 4.72 Å². The van der Waals surface area contributed by atoms with Gasteiger partial charge in [-0.2, -0.15) is 0 Å². The Balaban J connectivity index is 2.00. The highest BCUT2D eigenvalue weighted by atomic mass is 32.2. The molecule has 6 heteroatoms. The van der Waals surface area contributed by atoms with Gasteiger partial charge in [-0.15, -0.1) is 11.3 Å². The average molecular weight is 330 g/mol. The van der Waals surface area contributed by atoms with Gasteiger partial charge in [0.2, 0.25) is 0 Å². The normalized spacial score (nSPS) is 11.3. The van der Waals surface area contributed by atoms with Crippen LogP contribution in [0.2, 0.25) is 0 Å². The Bertz CT molecular complexity index is 887. The number of anilines is 1. The van der Waals surface area contributed by atoms with Crippen LogP contribution in [0.4, 0.5) is 5.69 Å². The molecule has 0 bridgehead atoms. The van der Waals surface area contributed by atoms with E-state index in [1.807, 2.05) is 24.4 Å². The van der Waals surface area contributed by atoms with Gasteiger partial charge in [-0.3, -0.25) is 4.72 Å². The lowest BCUT2D eigenvalue weighted by Crippen LogP contribution is -2.13. The number of aryl methyl sites for hydroxylation is 1. The van der Waals surface area contributed by atoms with E-state index in [0.29, 0.717) is 5.69 Å². The first-order valence-corrected chi connectivity index (χ1v) is 9.02. The molecule has 22 heavy (non-hydrogen) atoms. The van der Waals surface area contributed by atoms with Gasteiger partial charge in [0.15, 0.2) is 0 Å². The van der Waals surface area contributed by atoms with Gasteiger partial charge in [-0.1, -0.05) is 36.4 Å². The summed E-state index contributed by atoms with van der Waals surface area (Å²) in [6.07, 6.45) is 0. The summed E-state index contributed by atoms with van der Waals surface area (Å²) < 4.78 is 27.6. The fourth-order valence-corrected chi connectivity index (χ4v) is 3.80. The summed E-state index contributed by atoms with van der Waals surface area (Å²) in [5, 5.41) is 2.86. The zero-order chi connectivity index (χ0) is 15.6. The van der Waals surface area contributed by atoms with E-state index in [1.54, 1.807) is 42.5 Å². The van der Waals surface area contributed by atoms with Crippen molar-refractivity contribution >= 4 is 27.0 Å². The average Bonchev–Trinajstić information content (AvgIpc) is 2.95. The highest BCUT2D eigenvalue weighted by molar-refractivity contribution is 7.92. The Morgan fingerprint density at radius 3 is 2.36 bits per heavy atom. The smallest absolute Gasteiger partial charge is 0.261 e. The number of para-hydroxylation sites is 1. The summed E-state index contributed by atoms with van der Waals surface area (Å²) in [6, 6.07) is 15.6. The predicted octanol–water partition coefficient (Wildman–Crippen LogP) is 3.92. The van der Waals surface area contributed by atoms with E-state index in [2.05, 4.69) is 9.71 Å². The summed E-state index contributed by atoms with van der Waals surface area (Å²) in [7, 11) is -3.61. The van der Waals surface area contributed by atoms with Crippen molar-refractivity contribution in [1.29, 1.82) is 0 Å². The van der Waals surface area contributed by atoms with Crippen LogP contribution in [-0.2, 0) is 10.0 Å². The Morgan fingerprint density at radius 1 is 1.00 bits per heavy atom. The number of nitrogens with zero attached hydrogens (tertiary/aromatic N) is 1. The molecule has 112 valence electrons. The fourth-order valence-electron chi connectivity index (χ4n) is 2.09. The van der Waals surface area contributed by atoms with Gasteiger partial charge in [0, 0.05) is 10.9 Å². The van der Waals surface area contributed by atoms with E-state index in [9.17, 15) is 8.42 Å². The minimum absolute atomic E-state index is 0.235. The molecule has 0 saturated heterocycles. The number of sulfonamides is 1. The summed E-state index contributed by atoms with van der Waals surface area (Å²) >= 11 is 1.53. The lowest BCUT2D eigenvalue weighted by atomic mass is 10.1. The second-order valence-corrected chi connectivity index (χ2v) is 7.46. The molecule has 0 fully saturated rings. The molecule has 0 aliphatic carbocycles. The summed E-state index contributed by atoms with van der Waals surface area (Å²) in [4.78, 5) is 4.66. The Hall–Kier alpha value is -2.18. The number of benzene rings is 2. The van der Waals surface area contributed by atoms with Crippen molar-refractivity contribution in [1.82, 2.24) is 4.98 Å². The van der Waals surface area contributed by atoms with Crippen LogP contribution in [0.15, 0.2) is 64.9 Å². The van der Waals surface area contributed by atoms with Crippen molar-refractivity contribution in [2.75, 3.05) is 4.72 Å². The zero-order valence-electron chi connectivity index (χ0n) is 11.9. The van der Waals surface area contributed by atoms with Crippen LogP contribution in [0.3, 0.4) is 0 Å². The number of nitrogens with one attached hydrogen (secondary N) is 1. The largest absolute Gasteiger partial charge is 0.279 e. The molecule has 1 aromatic heterocycles. The number of thiazole rings is 1. The molecule has 0 aliphatic rings. The fraction of sp³-hybridized carbons (Fsp3) is 0.0625. The maximum absolute atomic E-state index is 12.5. The maximum atomic E-state index is 12.5. The third kappa shape index (κ3) is 3.03. The van der Waals surface area contributed by atoms with E-state index in [-0.39, 0.29) is 4.90 Å². The van der Waals surface area contributed by atoms with Crippen LogP contribution in [0, 0.1) is 6.92 Å². The van der Waals surface area contributed by atoms with E-state index < -0.39 is 10.0 Å². The standard InChI is InChI=1S/C16H14N2O2S2/c1-12-17-16(11-21-12)14-9-5-6-10-15(14)18-22(19,20)13-7-3-2-4-8-13/h2-11,18H,1H3. The molecule has 3 rings (SSSR count).